The van der Waals surface area contributed by atoms with Gasteiger partial charge < -0.3 is 9.80 Å². The van der Waals surface area contributed by atoms with E-state index in [1.54, 1.807) is 0 Å². The Kier molecular flexibility index (Phi) is 8.66. The van der Waals surface area contributed by atoms with Crippen molar-refractivity contribution in [1.82, 2.24) is 0 Å². The first-order valence-corrected chi connectivity index (χ1v) is 15.6. The summed E-state index contributed by atoms with van der Waals surface area (Å²) in [4.78, 5) is 4.68. The molecule has 0 aliphatic carbocycles. The highest BCUT2D eigenvalue weighted by molar-refractivity contribution is 5.81. The lowest BCUT2D eigenvalue weighted by molar-refractivity contribution is 1.23. The van der Waals surface area contributed by atoms with Crippen LogP contribution in [0.25, 0.3) is 12.2 Å². The Morgan fingerprint density at radius 3 is 1.22 bits per heavy atom. The van der Waals surface area contributed by atoms with Crippen LogP contribution in [0.5, 0.6) is 0 Å². The van der Waals surface area contributed by atoms with Crippen molar-refractivity contribution in [2.75, 3.05) is 9.80 Å². The summed E-state index contributed by atoms with van der Waals surface area (Å²) >= 11 is 0. The Bertz CT molecular complexity index is 1840. The highest BCUT2D eigenvalue weighted by Gasteiger charge is 2.15. The van der Waals surface area contributed by atoms with Crippen LogP contribution in [-0.2, 0) is 0 Å². The van der Waals surface area contributed by atoms with Crippen LogP contribution in [0, 0.1) is 34.6 Å². The highest BCUT2D eigenvalue weighted by Crippen LogP contribution is 2.38. The second-order valence-electron chi connectivity index (χ2n) is 12.0. The van der Waals surface area contributed by atoms with Gasteiger partial charge in [-0.15, -0.1) is 0 Å². The van der Waals surface area contributed by atoms with E-state index in [1.807, 2.05) is 0 Å². The molecule has 0 atom stereocenters. The number of nitrogens with zero attached hydrogens (tertiary/aromatic N) is 2. The fraction of sp³-hybridized carbons (Fsp3) is 0.116. The summed E-state index contributed by atoms with van der Waals surface area (Å²) in [6.07, 6.45) is 4.37. The van der Waals surface area contributed by atoms with E-state index in [-0.39, 0.29) is 0 Å². The van der Waals surface area contributed by atoms with Crippen LogP contribution in [0.1, 0.15) is 38.9 Å². The lowest BCUT2D eigenvalue weighted by Crippen LogP contribution is -2.11. The van der Waals surface area contributed by atoms with Crippen LogP contribution in [0.15, 0.2) is 140 Å². The van der Waals surface area contributed by atoms with Crippen molar-refractivity contribution in [1.29, 1.82) is 0 Å². The maximum atomic E-state index is 2.36. The van der Waals surface area contributed by atoms with Gasteiger partial charge in [0, 0.05) is 34.1 Å². The summed E-state index contributed by atoms with van der Waals surface area (Å²) in [6, 6.07) is 50.2. The Hall–Kier alpha value is -5.34. The van der Waals surface area contributed by atoms with Crippen LogP contribution >= 0.6 is 0 Å². The minimum atomic E-state index is 1.13. The maximum absolute atomic E-state index is 2.36. The quantitative estimate of drug-likeness (QED) is 0.164. The summed E-state index contributed by atoms with van der Waals surface area (Å²) in [6.45, 7) is 10.8. The summed E-state index contributed by atoms with van der Waals surface area (Å²) in [7, 11) is 0. The summed E-state index contributed by atoms with van der Waals surface area (Å²) in [5.74, 6) is 0. The molecule has 6 aromatic carbocycles. The molecule has 45 heavy (non-hydrogen) atoms. The minimum Gasteiger partial charge on any atom is -0.310 e. The molecule has 222 valence electrons. The Morgan fingerprint density at radius 1 is 0.356 bits per heavy atom. The van der Waals surface area contributed by atoms with E-state index in [2.05, 4.69) is 196 Å². The number of benzene rings is 6. The summed E-state index contributed by atoms with van der Waals surface area (Å²) in [5.41, 5.74) is 15.6. The van der Waals surface area contributed by atoms with Crippen LogP contribution in [-0.4, -0.2) is 0 Å². The van der Waals surface area contributed by atoms with Gasteiger partial charge in [-0.25, -0.2) is 0 Å². The van der Waals surface area contributed by atoms with E-state index in [4.69, 9.17) is 0 Å². The standard InChI is InChI=1S/C43H40N2/c1-31-25-32(2)28-41(27-31)44(42-29-33(3)26-34(4)30-42)39-21-17-36(18-22-39)15-16-37-19-23-40(24-20-37)45(38-12-7-6-8-13-38)43-14-10-9-11-35(43)5/h6-30H,1-5H3. The zero-order chi connectivity index (χ0) is 31.3. The van der Waals surface area contributed by atoms with Crippen molar-refractivity contribution < 1.29 is 0 Å². The monoisotopic (exact) mass is 584 g/mol. The van der Waals surface area contributed by atoms with Crippen molar-refractivity contribution >= 4 is 46.3 Å². The van der Waals surface area contributed by atoms with Gasteiger partial charge in [0.05, 0.1) is 0 Å². The molecule has 2 heteroatoms. The first-order chi connectivity index (χ1) is 21.8. The molecule has 0 bridgehead atoms. The molecular formula is C43H40N2. The molecule has 0 fully saturated rings. The predicted octanol–water partition coefficient (Wildman–Crippen LogP) is 12.3. The number of para-hydroxylation sites is 2. The first-order valence-electron chi connectivity index (χ1n) is 15.6. The predicted molar refractivity (Wildman–Crippen MR) is 195 cm³/mol. The smallest absolute Gasteiger partial charge is 0.0490 e. The molecule has 0 aromatic heterocycles. The molecule has 6 aromatic rings. The van der Waals surface area contributed by atoms with Crippen molar-refractivity contribution in [3.63, 3.8) is 0 Å². The molecule has 0 aliphatic rings. The number of hydrogen-bond donors (Lipinski definition) is 0. The third kappa shape index (κ3) is 6.92. The molecule has 0 unspecified atom stereocenters. The van der Waals surface area contributed by atoms with Crippen molar-refractivity contribution in [2.45, 2.75) is 34.6 Å². The van der Waals surface area contributed by atoms with Gasteiger partial charge >= 0.3 is 0 Å². The van der Waals surface area contributed by atoms with E-state index in [9.17, 15) is 0 Å². The molecule has 0 heterocycles. The number of aryl methyl sites for hydroxylation is 5. The zero-order valence-electron chi connectivity index (χ0n) is 26.8. The molecule has 0 saturated heterocycles. The van der Waals surface area contributed by atoms with Crippen LogP contribution in [0.4, 0.5) is 34.1 Å². The van der Waals surface area contributed by atoms with Crippen LogP contribution in [0.3, 0.4) is 0 Å². The Labute approximate surface area is 268 Å². The van der Waals surface area contributed by atoms with Crippen LogP contribution < -0.4 is 9.80 Å². The first kappa shape index (κ1) is 29.7. The average molecular weight is 585 g/mol. The van der Waals surface area contributed by atoms with Gasteiger partial charge in [0.25, 0.3) is 0 Å². The van der Waals surface area contributed by atoms with E-state index in [1.165, 1.54) is 44.9 Å². The highest BCUT2D eigenvalue weighted by atomic mass is 15.1. The molecule has 0 amide bonds. The van der Waals surface area contributed by atoms with E-state index >= 15 is 0 Å². The van der Waals surface area contributed by atoms with Crippen molar-refractivity contribution in [3.8, 4) is 0 Å². The molecule has 0 spiro atoms. The third-order valence-electron chi connectivity index (χ3n) is 8.07. The average Bonchev–Trinajstić information content (AvgIpc) is 3.02. The minimum absolute atomic E-state index is 1.13. The number of anilines is 6. The second-order valence-corrected chi connectivity index (χ2v) is 12.0. The number of rotatable bonds is 8. The molecule has 0 N–H and O–H groups in total. The zero-order valence-corrected chi connectivity index (χ0v) is 26.8. The molecular weight excluding hydrogens is 544 g/mol. The van der Waals surface area contributed by atoms with Gasteiger partial charge in [-0.05, 0) is 140 Å². The van der Waals surface area contributed by atoms with Gasteiger partial charge in [0.1, 0.15) is 0 Å². The van der Waals surface area contributed by atoms with Crippen LogP contribution in [0.2, 0.25) is 0 Å². The van der Waals surface area contributed by atoms with Gasteiger partial charge in [-0.1, -0.05) is 84.9 Å². The number of hydrogen-bond acceptors (Lipinski definition) is 2. The largest absolute Gasteiger partial charge is 0.310 e. The van der Waals surface area contributed by atoms with E-state index in [0.717, 1.165) is 28.2 Å². The maximum Gasteiger partial charge on any atom is 0.0490 e. The normalized spacial score (nSPS) is 11.1. The molecule has 0 aliphatic heterocycles. The van der Waals surface area contributed by atoms with Gasteiger partial charge in [0.2, 0.25) is 0 Å². The summed E-state index contributed by atoms with van der Waals surface area (Å²) in [5, 5.41) is 0. The fourth-order valence-corrected chi connectivity index (χ4v) is 6.09. The molecule has 0 saturated carbocycles. The van der Waals surface area contributed by atoms with Gasteiger partial charge in [-0.3, -0.25) is 0 Å². The second kappa shape index (κ2) is 13.1. The Morgan fingerprint density at radius 2 is 0.756 bits per heavy atom. The lowest BCUT2D eigenvalue weighted by atomic mass is 10.1. The van der Waals surface area contributed by atoms with E-state index in [0.29, 0.717) is 0 Å². The van der Waals surface area contributed by atoms with Crippen molar-refractivity contribution in [3.05, 3.63) is 178 Å². The molecule has 2 nitrogen and oxygen atoms in total. The van der Waals surface area contributed by atoms with Crippen molar-refractivity contribution in [2.24, 2.45) is 0 Å². The SMILES string of the molecule is Cc1cc(C)cc(N(c2ccc(C=Cc3ccc(N(c4ccccc4)c4ccccc4C)cc3)cc2)c2cc(C)cc(C)c2)c1. The van der Waals surface area contributed by atoms with Gasteiger partial charge in [-0.2, -0.15) is 0 Å². The summed E-state index contributed by atoms with van der Waals surface area (Å²) < 4.78 is 0. The molecule has 6 rings (SSSR count). The molecule has 0 radical (unpaired) electrons. The van der Waals surface area contributed by atoms with E-state index < -0.39 is 0 Å². The van der Waals surface area contributed by atoms with Gasteiger partial charge in [0.15, 0.2) is 0 Å². The topological polar surface area (TPSA) is 6.48 Å². The lowest BCUT2D eigenvalue weighted by Gasteiger charge is -2.27. The third-order valence-corrected chi connectivity index (χ3v) is 8.07. The Balaban J connectivity index is 1.27. The fourth-order valence-electron chi connectivity index (χ4n) is 6.09.